The molecule has 2 fully saturated rings. The van der Waals surface area contributed by atoms with Crippen LogP contribution in [-0.2, 0) is 19.8 Å². The molecule has 0 bridgehead atoms. The largest absolute Gasteiger partial charge is 0.323 e. The molecule has 7 nitrogen and oxygen atoms in total. The Morgan fingerprint density at radius 3 is 2.10 bits per heavy atom. The summed E-state index contributed by atoms with van der Waals surface area (Å²) in [5.74, 6) is 2.16. The van der Waals surface area contributed by atoms with E-state index in [0.717, 1.165) is 30.9 Å². The van der Waals surface area contributed by atoms with Crippen molar-refractivity contribution in [1.82, 2.24) is 9.80 Å². The van der Waals surface area contributed by atoms with Crippen LogP contribution in [0, 0.1) is 0 Å². The van der Waals surface area contributed by atoms with Crippen molar-refractivity contribution in [2.45, 2.75) is 0 Å². The molecule has 2 rings (SSSR count). The number of nitrogens with zero attached hydrogens (tertiary/aromatic N) is 3. The van der Waals surface area contributed by atoms with E-state index in [1.165, 1.54) is 0 Å². The summed E-state index contributed by atoms with van der Waals surface area (Å²) in [6.45, 7) is 2.09. The van der Waals surface area contributed by atoms with Gasteiger partial charge in [0.2, 0.25) is 0 Å². The van der Waals surface area contributed by atoms with Crippen LogP contribution in [0.2, 0.25) is 0 Å². The Kier molecular flexibility index (Phi) is 4.85. The topological polar surface area (TPSA) is 87.1 Å². The summed E-state index contributed by atoms with van der Waals surface area (Å²) in [5, 5.41) is 0. The second-order valence-corrected chi connectivity index (χ2v) is 10.5. The van der Waals surface area contributed by atoms with Crippen molar-refractivity contribution in [2.75, 3.05) is 55.4 Å². The first-order valence-corrected chi connectivity index (χ1v) is 11.2. The molecule has 0 N–H and O–H groups in total. The van der Waals surface area contributed by atoms with Gasteiger partial charge in [0.1, 0.15) is 0 Å². The Morgan fingerprint density at radius 1 is 1.10 bits per heavy atom. The van der Waals surface area contributed by atoms with E-state index in [1.807, 2.05) is 11.8 Å². The van der Waals surface area contributed by atoms with Crippen LogP contribution in [0.1, 0.15) is 0 Å². The summed E-state index contributed by atoms with van der Waals surface area (Å²) in [5.41, 5.74) is 0. The van der Waals surface area contributed by atoms with Gasteiger partial charge < -0.3 is 9.80 Å². The molecule has 2 saturated heterocycles. The van der Waals surface area contributed by atoms with Crippen molar-refractivity contribution in [3.8, 4) is 0 Å². The second kappa shape index (κ2) is 6.10. The minimum atomic E-state index is -3.61. The van der Waals surface area contributed by atoms with Gasteiger partial charge in [0.25, 0.3) is 10.0 Å². The van der Waals surface area contributed by atoms with Crippen LogP contribution in [0.25, 0.3) is 0 Å². The normalized spacial score (nSPS) is 23.4. The lowest BCUT2D eigenvalue weighted by molar-refractivity contribution is 0.161. The highest BCUT2D eigenvalue weighted by molar-refractivity contribution is 8.03. The number of carbonyl (C=O) groups excluding carboxylic acids is 1. The second-order valence-electron chi connectivity index (χ2n) is 4.86. The molecular weight excluding hydrogens is 322 g/mol. The quantitative estimate of drug-likeness (QED) is 0.664. The Balaban J connectivity index is 1.99. The SMILES string of the molecule is CS(=O)(=O)N=S1(=O)CCN(C(=O)N2CCSCC2)CC1. The zero-order chi connectivity index (χ0) is 14.8. The fourth-order valence-corrected chi connectivity index (χ4v) is 6.88. The first kappa shape index (κ1) is 15.9. The molecule has 0 aromatic carbocycles. The maximum absolute atomic E-state index is 12.3. The van der Waals surface area contributed by atoms with Crippen LogP contribution in [0.3, 0.4) is 0 Å². The molecular formula is C10H19N3O4S3. The fourth-order valence-electron chi connectivity index (χ4n) is 2.19. The summed E-state index contributed by atoms with van der Waals surface area (Å²) in [4.78, 5) is 15.7. The molecule has 2 aliphatic heterocycles. The van der Waals surface area contributed by atoms with E-state index < -0.39 is 19.8 Å². The molecule has 0 radical (unpaired) electrons. The van der Waals surface area contributed by atoms with Crippen LogP contribution in [0.5, 0.6) is 0 Å². The molecule has 2 aliphatic rings. The Labute approximate surface area is 124 Å². The third kappa shape index (κ3) is 4.26. The van der Waals surface area contributed by atoms with Gasteiger partial charge in [0.15, 0.2) is 0 Å². The third-order valence-corrected chi connectivity index (χ3v) is 7.94. The van der Waals surface area contributed by atoms with E-state index in [1.54, 1.807) is 9.80 Å². The minimum absolute atomic E-state index is 0.0360. The zero-order valence-corrected chi connectivity index (χ0v) is 13.8. The predicted octanol–water partition coefficient (Wildman–Crippen LogP) is -0.102. The lowest BCUT2D eigenvalue weighted by atomic mass is 10.4. The molecule has 0 aromatic rings. The average Bonchev–Trinajstić information content (AvgIpc) is 2.37. The number of amides is 2. The number of hydrogen-bond acceptors (Lipinski definition) is 5. The van der Waals surface area contributed by atoms with Crippen LogP contribution < -0.4 is 0 Å². The smallest absolute Gasteiger partial charge is 0.320 e. The van der Waals surface area contributed by atoms with E-state index in [-0.39, 0.29) is 17.5 Å². The molecule has 116 valence electrons. The predicted molar refractivity (Wildman–Crippen MR) is 81.0 cm³/mol. The van der Waals surface area contributed by atoms with Gasteiger partial charge >= 0.3 is 6.03 Å². The van der Waals surface area contributed by atoms with Crippen molar-refractivity contribution >= 4 is 37.5 Å². The van der Waals surface area contributed by atoms with Crippen molar-refractivity contribution in [2.24, 2.45) is 3.77 Å². The molecule has 0 spiro atoms. The Hall–Kier alpha value is -0.480. The number of hydrogen-bond donors (Lipinski definition) is 0. The third-order valence-electron chi connectivity index (χ3n) is 3.18. The molecule has 0 aromatic heterocycles. The number of thioether (sulfide) groups is 1. The van der Waals surface area contributed by atoms with Crippen molar-refractivity contribution in [1.29, 1.82) is 0 Å². The lowest BCUT2D eigenvalue weighted by Gasteiger charge is -2.35. The highest BCUT2D eigenvalue weighted by Crippen LogP contribution is 2.15. The van der Waals surface area contributed by atoms with Gasteiger partial charge in [-0.25, -0.2) is 17.4 Å². The molecule has 2 amide bonds. The van der Waals surface area contributed by atoms with Gasteiger partial charge in [-0.2, -0.15) is 11.8 Å². The maximum Gasteiger partial charge on any atom is 0.320 e. The molecule has 20 heavy (non-hydrogen) atoms. The highest BCUT2D eigenvalue weighted by atomic mass is 32.3. The summed E-state index contributed by atoms with van der Waals surface area (Å²) in [6, 6.07) is -0.0360. The molecule has 0 unspecified atom stereocenters. The minimum Gasteiger partial charge on any atom is -0.323 e. The van der Waals surface area contributed by atoms with E-state index in [0.29, 0.717) is 13.1 Å². The van der Waals surface area contributed by atoms with Crippen LogP contribution in [0.15, 0.2) is 3.77 Å². The van der Waals surface area contributed by atoms with Crippen molar-refractivity contribution in [3.05, 3.63) is 0 Å². The van der Waals surface area contributed by atoms with Crippen molar-refractivity contribution < 1.29 is 17.4 Å². The summed E-state index contributed by atoms with van der Waals surface area (Å²) < 4.78 is 38.0. The molecule has 2 heterocycles. The molecule has 0 aliphatic carbocycles. The molecule has 0 atom stereocenters. The van der Waals surface area contributed by atoms with Crippen molar-refractivity contribution in [3.63, 3.8) is 0 Å². The summed E-state index contributed by atoms with van der Waals surface area (Å²) in [6.07, 6.45) is 0.947. The monoisotopic (exact) mass is 341 g/mol. The number of sulfonamides is 1. The van der Waals surface area contributed by atoms with Crippen LogP contribution >= 0.6 is 11.8 Å². The van der Waals surface area contributed by atoms with E-state index in [2.05, 4.69) is 3.77 Å². The van der Waals surface area contributed by atoms with Crippen LogP contribution in [0.4, 0.5) is 4.79 Å². The number of urea groups is 1. The van der Waals surface area contributed by atoms with Gasteiger partial charge in [-0.15, -0.1) is 3.77 Å². The van der Waals surface area contributed by atoms with Crippen LogP contribution in [-0.4, -0.2) is 83.9 Å². The standard InChI is InChI=1S/C10H19N3O4S3/c1-19(15,16)11-20(17)8-4-13(5-9-20)10(14)12-2-6-18-7-3-12/h2-9H2,1H3. The number of carbonyl (C=O) groups is 1. The summed E-state index contributed by atoms with van der Waals surface area (Å²) in [7, 11) is -6.33. The average molecular weight is 341 g/mol. The van der Waals surface area contributed by atoms with E-state index in [4.69, 9.17) is 0 Å². The Morgan fingerprint density at radius 2 is 1.60 bits per heavy atom. The van der Waals surface area contributed by atoms with Gasteiger partial charge in [-0.3, -0.25) is 0 Å². The fraction of sp³-hybridized carbons (Fsp3) is 0.900. The first-order chi connectivity index (χ1) is 9.29. The number of rotatable bonds is 1. The summed E-state index contributed by atoms with van der Waals surface area (Å²) >= 11 is 1.83. The van der Waals surface area contributed by atoms with E-state index in [9.17, 15) is 17.4 Å². The van der Waals surface area contributed by atoms with Gasteiger partial charge in [-0.05, 0) is 0 Å². The van der Waals surface area contributed by atoms with Gasteiger partial charge in [-0.1, -0.05) is 0 Å². The molecule has 0 saturated carbocycles. The van der Waals surface area contributed by atoms with Gasteiger partial charge in [0.05, 0.1) is 27.5 Å². The van der Waals surface area contributed by atoms with E-state index >= 15 is 0 Å². The zero-order valence-electron chi connectivity index (χ0n) is 11.4. The lowest BCUT2D eigenvalue weighted by Crippen LogP contribution is -2.51. The van der Waals surface area contributed by atoms with Gasteiger partial charge in [0, 0.05) is 37.7 Å². The maximum atomic E-state index is 12.3. The molecule has 10 heteroatoms. The first-order valence-electron chi connectivity index (χ1n) is 6.34. The Bertz CT molecular complexity index is 575. The highest BCUT2D eigenvalue weighted by Gasteiger charge is 2.28.